The molecule has 1 aromatic carbocycles. The smallest absolute Gasteiger partial charge is 0.134 e. The summed E-state index contributed by atoms with van der Waals surface area (Å²) >= 11 is 9.53. The summed E-state index contributed by atoms with van der Waals surface area (Å²) < 4.78 is 6.85. The van der Waals surface area contributed by atoms with Gasteiger partial charge in [0.05, 0.1) is 5.69 Å². The van der Waals surface area contributed by atoms with Crippen LogP contribution in [0.15, 0.2) is 51.5 Å². The molecule has 0 bridgehead atoms. The van der Waals surface area contributed by atoms with Crippen LogP contribution < -0.4 is 5.32 Å². The fourth-order valence-electron chi connectivity index (χ4n) is 2.20. The van der Waals surface area contributed by atoms with E-state index in [-0.39, 0.29) is 6.04 Å². The van der Waals surface area contributed by atoms with Crippen LogP contribution in [0.4, 0.5) is 0 Å². The fraction of sp³-hybridized carbons (Fsp3) is 0.133. The lowest BCUT2D eigenvalue weighted by molar-refractivity contribution is 0.485. The summed E-state index contributed by atoms with van der Waals surface area (Å²) in [5, 5.41) is 4.92. The first kappa shape index (κ1) is 13.6. The third-order valence-electron chi connectivity index (χ3n) is 3.13. The molecule has 1 unspecified atom stereocenters. The SMILES string of the molecule is CNC(c1cc2cc(Cl)ccc2o1)c1ncccc1Br. The molecule has 2 heterocycles. The maximum atomic E-state index is 6.01. The summed E-state index contributed by atoms with van der Waals surface area (Å²) in [4.78, 5) is 4.42. The largest absolute Gasteiger partial charge is 0.459 e. The van der Waals surface area contributed by atoms with Gasteiger partial charge in [-0.3, -0.25) is 4.98 Å². The first-order valence-electron chi connectivity index (χ1n) is 6.15. The Morgan fingerprint density at radius 2 is 2.15 bits per heavy atom. The summed E-state index contributed by atoms with van der Waals surface area (Å²) in [5.74, 6) is 0.809. The van der Waals surface area contributed by atoms with Crippen molar-refractivity contribution in [2.75, 3.05) is 7.05 Å². The Morgan fingerprint density at radius 1 is 1.30 bits per heavy atom. The lowest BCUT2D eigenvalue weighted by Gasteiger charge is -2.14. The van der Waals surface area contributed by atoms with Gasteiger partial charge in [-0.1, -0.05) is 11.6 Å². The molecular weight excluding hydrogens is 340 g/mol. The van der Waals surface area contributed by atoms with Crippen LogP contribution in [0.3, 0.4) is 0 Å². The van der Waals surface area contributed by atoms with E-state index < -0.39 is 0 Å². The van der Waals surface area contributed by atoms with Gasteiger partial charge in [0.25, 0.3) is 0 Å². The van der Waals surface area contributed by atoms with Crippen LogP contribution in [0.2, 0.25) is 5.02 Å². The quantitative estimate of drug-likeness (QED) is 0.752. The van der Waals surface area contributed by atoms with Gasteiger partial charge in [0.15, 0.2) is 0 Å². The van der Waals surface area contributed by atoms with Crippen molar-refractivity contribution in [3.05, 3.63) is 63.5 Å². The lowest BCUT2D eigenvalue weighted by atomic mass is 10.1. The van der Waals surface area contributed by atoms with Gasteiger partial charge in [0.2, 0.25) is 0 Å². The summed E-state index contributed by atoms with van der Waals surface area (Å²) in [5.41, 5.74) is 1.71. The van der Waals surface area contributed by atoms with Crippen LogP contribution >= 0.6 is 27.5 Å². The predicted octanol–water partition coefficient (Wildman–Crippen LogP) is 4.55. The highest BCUT2D eigenvalue weighted by atomic mass is 79.9. The second-order valence-corrected chi connectivity index (χ2v) is 5.71. The number of halogens is 2. The molecule has 3 aromatic rings. The van der Waals surface area contributed by atoms with Gasteiger partial charge in [-0.15, -0.1) is 0 Å². The minimum absolute atomic E-state index is 0.114. The zero-order valence-electron chi connectivity index (χ0n) is 10.7. The van der Waals surface area contributed by atoms with Crippen LogP contribution in [-0.4, -0.2) is 12.0 Å². The van der Waals surface area contributed by atoms with Gasteiger partial charge >= 0.3 is 0 Å². The molecule has 0 saturated heterocycles. The van der Waals surface area contributed by atoms with Gasteiger partial charge in [-0.05, 0) is 59.4 Å². The van der Waals surface area contributed by atoms with Crippen molar-refractivity contribution < 1.29 is 4.42 Å². The van der Waals surface area contributed by atoms with Gasteiger partial charge in [-0.2, -0.15) is 0 Å². The molecule has 5 heteroatoms. The second-order valence-electron chi connectivity index (χ2n) is 4.42. The highest BCUT2D eigenvalue weighted by Gasteiger charge is 2.20. The van der Waals surface area contributed by atoms with E-state index in [9.17, 15) is 0 Å². The topological polar surface area (TPSA) is 38.1 Å². The van der Waals surface area contributed by atoms with E-state index in [0.29, 0.717) is 5.02 Å². The molecule has 0 amide bonds. The number of fused-ring (bicyclic) bond motifs is 1. The van der Waals surface area contributed by atoms with Crippen molar-refractivity contribution >= 4 is 38.5 Å². The molecule has 0 aliphatic heterocycles. The number of nitrogens with zero attached hydrogens (tertiary/aromatic N) is 1. The van der Waals surface area contributed by atoms with E-state index in [1.165, 1.54) is 0 Å². The zero-order chi connectivity index (χ0) is 14.1. The summed E-state index contributed by atoms with van der Waals surface area (Å²) in [6, 6.07) is 11.3. The Hall–Kier alpha value is -1.36. The maximum Gasteiger partial charge on any atom is 0.134 e. The summed E-state index contributed by atoms with van der Waals surface area (Å²) in [6.07, 6.45) is 1.77. The molecule has 0 radical (unpaired) electrons. The third kappa shape index (κ3) is 2.46. The molecule has 0 fully saturated rings. The van der Waals surface area contributed by atoms with Crippen molar-refractivity contribution in [3.63, 3.8) is 0 Å². The average Bonchev–Trinajstić information content (AvgIpc) is 2.84. The molecule has 0 saturated carbocycles. The standard InChI is InChI=1S/C15H12BrClN2O/c1-18-15(14-11(16)3-2-6-19-14)13-8-9-7-10(17)4-5-12(9)20-13/h2-8,15,18H,1H3. The molecule has 0 spiro atoms. The molecule has 102 valence electrons. The Kier molecular flexibility index (Phi) is 3.78. The van der Waals surface area contributed by atoms with Gasteiger partial charge in [0, 0.05) is 21.1 Å². The van der Waals surface area contributed by atoms with Crippen molar-refractivity contribution in [1.82, 2.24) is 10.3 Å². The Morgan fingerprint density at radius 3 is 2.90 bits per heavy atom. The van der Waals surface area contributed by atoms with Crippen LogP contribution in [0.25, 0.3) is 11.0 Å². The van der Waals surface area contributed by atoms with E-state index >= 15 is 0 Å². The van der Waals surface area contributed by atoms with Gasteiger partial charge < -0.3 is 9.73 Å². The Balaban J connectivity index is 2.10. The molecule has 2 aromatic heterocycles. The molecule has 0 aliphatic rings. The van der Waals surface area contributed by atoms with E-state index in [2.05, 4.69) is 26.2 Å². The van der Waals surface area contributed by atoms with Crippen LogP contribution in [0, 0.1) is 0 Å². The number of nitrogens with one attached hydrogen (secondary N) is 1. The Labute approximate surface area is 130 Å². The van der Waals surface area contributed by atoms with E-state index in [4.69, 9.17) is 16.0 Å². The van der Waals surface area contributed by atoms with Crippen molar-refractivity contribution in [2.24, 2.45) is 0 Å². The minimum Gasteiger partial charge on any atom is -0.459 e. The second kappa shape index (κ2) is 5.56. The van der Waals surface area contributed by atoms with Gasteiger partial charge in [-0.25, -0.2) is 0 Å². The minimum atomic E-state index is -0.114. The predicted molar refractivity (Wildman–Crippen MR) is 84.1 cm³/mol. The number of rotatable bonds is 3. The van der Waals surface area contributed by atoms with Crippen molar-refractivity contribution in [1.29, 1.82) is 0 Å². The molecule has 0 aliphatic carbocycles. The van der Waals surface area contributed by atoms with Crippen LogP contribution in [-0.2, 0) is 0 Å². The van der Waals surface area contributed by atoms with Crippen LogP contribution in [0.5, 0.6) is 0 Å². The molecular formula is C15H12BrClN2O. The fourth-order valence-corrected chi connectivity index (χ4v) is 2.87. The summed E-state index contributed by atoms with van der Waals surface area (Å²) in [7, 11) is 1.88. The highest BCUT2D eigenvalue weighted by Crippen LogP contribution is 2.31. The number of hydrogen-bond acceptors (Lipinski definition) is 3. The first-order valence-corrected chi connectivity index (χ1v) is 7.33. The third-order valence-corrected chi connectivity index (χ3v) is 4.04. The van der Waals surface area contributed by atoms with E-state index in [0.717, 1.165) is 26.9 Å². The number of pyridine rings is 1. The molecule has 1 atom stereocenters. The van der Waals surface area contributed by atoms with E-state index in [1.807, 2.05) is 43.4 Å². The van der Waals surface area contributed by atoms with Crippen LogP contribution in [0.1, 0.15) is 17.5 Å². The van der Waals surface area contributed by atoms with Crippen molar-refractivity contribution in [3.8, 4) is 0 Å². The molecule has 3 rings (SSSR count). The number of benzene rings is 1. The average molecular weight is 352 g/mol. The highest BCUT2D eigenvalue weighted by molar-refractivity contribution is 9.10. The number of aromatic nitrogens is 1. The molecule has 3 nitrogen and oxygen atoms in total. The zero-order valence-corrected chi connectivity index (χ0v) is 13.1. The lowest BCUT2D eigenvalue weighted by Crippen LogP contribution is -2.18. The first-order chi connectivity index (χ1) is 9.69. The number of hydrogen-bond donors (Lipinski definition) is 1. The normalized spacial score (nSPS) is 12.8. The number of furan rings is 1. The van der Waals surface area contributed by atoms with Crippen molar-refractivity contribution in [2.45, 2.75) is 6.04 Å². The molecule has 1 N–H and O–H groups in total. The Bertz CT molecular complexity index is 756. The van der Waals surface area contributed by atoms with E-state index in [1.54, 1.807) is 6.20 Å². The van der Waals surface area contributed by atoms with Gasteiger partial charge in [0.1, 0.15) is 17.4 Å². The summed E-state index contributed by atoms with van der Waals surface area (Å²) in [6.45, 7) is 0. The maximum absolute atomic E-state index is 6.01. The monoisotopic (exact) mass is 350 g/mol. The molecule has 20 heavy (non-hydrogen) atoms.